The van der Waals surface area contributed by atoms with Crippen LogP contribution in [0.25, 0.3) is 11.3 Å². The van der Waals surface area contributed by atoms with Gasteiger partial charge in [0, 0.05) is 10.4 Å². The van der Waals surface area contributed by atoms with Crippen molar-refractivity contribution >= 4 is 17.2 Å². The SMILES string of the molecule is Cc1sccc1-c1cnc(N)cn1. The standard InChI is InChI=1S/C9H9N3S/c1-6-7(2-3-13-6)8-4-12-9(10)5-11-8/h2-5H,1H3,(H2,10,12). The van der Waals surface area contributed by atoms with E-state index in [-0.39, 0.29) is 0 Å². The van der Waals surface area contributed by atoms with Crippen molar-refractivity contribution in [2.45, 2.75) is 6.92 Å². The van der Waals surface area contributed by atoms with Crippen LogP contribution in [-0.2, 0) is 0 Å². The number of aryl methyl sites for hydroxylation is 1. The maximum atomic E-state index is 5.45. The summed E-state index contributed by atoms with van der Waals surface area (Å²) < 4.78 is 0. The van der Waals surface area contributed by atoms with Crippen LogP contribution in [0, 0.1) is 6.92 Å². The van der Waals surface area contributed by atoms with Crippen molar-refractivity contribution in [3.8, 4) is 11.3 Å². The fraction of sp³-hybridized carbons (Fsp3) is 0.111. The number of rotatable bonds is 1. The van der Waals surface area contributed by atoms with E-state index in [1.807, 2.05) is 11.4 Å². The molecule has 66 valence electrons. The zero-order valence-electron chi connectivity index (χ0n) is 7.19. The quantitative estimate of drug-likeness (QED) is 0.751. The number of nitrogen functional groups attached to an aromatic ring is 1. The Hall–Kier alpha value is -1.42. The molecule has 0 saturated carbocycles. The van der Waals surface area contributed by atoms with Crippen molar-refractivity contribution in [1.82, 2.24) is 9.97 Å². The lowest BCUT2D eigenvalue weighted by molar-refractivity contribution is 1.21. The van der Waals surface area contributed by atoms with Crippen molar-refractivity contribution < 1.29 is 0 Å². The molecule has 0 saturated heterocycles. The molecular formula is C9H9N3S. The molecule has 2 aromatic heterocycles. The van der Waals surface area contributed by atoms with Gasteiger partial charge >= 0.3 is 0 Å². The summed E-state index contributed by atoms with van der Waals surface area (Å²) in [5, 5.41) is 2.04. The van der Waals surface area contributed by atoms with Crippen molar-refractivity contribution in [2.24, 2.45) is 0 Å². The first kappa shape index (κ1) is 8.19. The summed E-state index contributed by atoms with van der Waals surface area (Å²) >= 11 is 1.70. The minimum Gasteiger partial charge on any atom is -0.382 e. The van der Waals surface area contributed by atoms with Crippen LogP contribution < -0.4 is 5.73 Å². The Kier molecular flexibility index (Phi) is 1.98. The molecule has 0 aliphatic rings. The Labute approximate surface area is 80.3 Å². The van der Waals surface area contributed by atoms with Crippen LogP contribution in [0.5, 0.6) is 0 Å². The van der Waals surface area contributed by atoms with E-state index < -0.39 is 0 Å². The van der Waals surface area contributed by atoms with Crippen LogP contribution in [-0.4, -0.2) is 9.97 Å². The number of nitrogens with two attached hydrogens (primary N) is 1. The Bertz CT molecular complexity index is 405. The minimum atomic E-state index is 0.455. The molecular weight excluding hydrogens is 182 g/mol. The predicted octanol–water partition coefficient (Wildman–Crippen LogP) is 2.10. The second-order valence-corrected chi connectivity index (χ2v) is 3.84. The van der Waals surface area contributed by atoms with Gasteiger partial charge in [-0.2, -0.15) is 0 Å². The van der Waals surface area contributed by atoms with Gasteiger partial charge in [-0.3, -0.25) is 4.98 Å². The summed E-state index contributed by atoms with van der Waals surface area (Å²) in [6.45, 7) is 2.07. The second kappa shape index (κ2) is 3.14. The molecule has 2 aromatic rings. The lowest BCUT2D eigenvalue weighted by Crippen LogP contribution is -1.92. The van der Waals surface area contributed by atoms with Gasteiger partial charge in [0.15, 0.2) is 0 Å². The molecule has 0 aliphatic heterocycles. The van der Waals surface area contributed by atoms with Crippen molar-refractivity contribution in [3.63, 3.8) is 0 Å². The molecule has 0 fully saturated rings. The maximum Gasteiger partial charge on any atom is 0.141 e. The van der Waals surface area contributed by atoms with Gasteiger partial charge < -0.3 is 5.73 Å². The largest absolute Gasteiger partial charge is 0.382 e. The van der Waals surface area contributed by atoms with Crippen molar-refractivity contribution in [1.29, 1.82) is 0 Å². The molecule has 2 N–H and O–H groups in total. The number of hydrogen-bond donors (Lipinski definition) is 1. The third kappa shape index (κ3) is 1.53. The Morgan fingerprint density at radius 2 is 2.15 bits per heavy atom. The topological polar surface area (TPSA) is 51.8 Å². The van der Waals surface area contributed by atoms with Gasteiger partial charge in [-0.25, -0.2) is 4.98 Å². The van der Waals surface area contributed by atoms with E-state index >= 15 is 0 Å². The van der Waals surface area contributed by atoms with E-state index in [1.54, 1.807) is 23.7 Å². The molecule has 0 atom stereocenters. The molecule has 2 heterocycles. The lowest BCUT2D eigenvalue weighted by atomic mass is 10.2. The highest BCUT2D eigenvalue weighted by Crippen LogP contribution is 2.25. The molecule has 2 rings (SSSR count). The summed E-state index contributed by atoms with van der Waals surface area (Å²) in [5.74, 6) is 0.455. The Balaban J connectivity index is 2.47. The molecule has 0 spiro atoms. The zero-order chi connectivity index (χ0) is 9.26. The van der Waals surface area contributed by atoms with Crippen molar-refractivity contribution in [2.75, 3.05) is 5.73 Å². The summed E-state index contributed by atoms with van der Waals surface area (Å²) in [5.41, 5.74) is 7.47. The third-order valence-corrected chi connectivity index (χ3v) is 2.65. The molecule has 4 heteroatoms. The molecule has 3 nitrogen and oxygen atoms in total. The van der Waals surface area contributed by atoms with Crippen LogP contribution in [0.2, 0.25) is 0 Å². The van der Waals surface area contributed by atoms with E-state index in [1.165, 1.54) is 4.88 Å². The lowest BCUT2D eigenvalue weighted by Gasteiger charge is -1.98. The number of hydrogen-bond acceptors (Lipinski definition) is 4. The number of nitrogens with zero attached hydrogens (tertiary/aromatic N) is 2. The summed E-state index contributed by atoms with van der Waals surface area (Å²) in [6, 6.07) is 2.04. The first-order chi connectivity index (χ1) is 6.27. The molecule has 0 amide bonds. The summed E-state index contributed by atoms with van der Waals surface area (Å²) in [4.78, 5) is 9.45. The minimum absolute atomic E-state index is 0.455. The van der Waals surface area contributed by atoms with Gasteiger partial charge in [-0.1, -0.05) is 0 Å². The monoisotopic (exact) mass is 191 g/mol. The van der Waals surface area contributed by atoms with Crippen molar-refractivity contribution in [3.05, 3.63) is 28.7 Å². The average Bonchev–Trinajstić information content (AvgIpc) is 2.53. The third-order valence-electron chi connectivity index (χ3n) is 1.81. The smallest absolute Gasteiger partial charge is 0.141 e. The highest BCUT2D eigenvalue weighted by atomic mass is 32.1. The van der Waals surface area contributed by atoms with Crippen LogP contribution in [0.15, 0.2) is 23.8 Å². The Morgan fingerprint density at radius 1 is 1.31 bits per heavy atom. The molecule has 13 heavy (non-hydrogen) atoms. The van der Waals surface area contributed by atoms with E-state index in [9.17, 15) is 0 Å². The highest BCUT2D eigenvalue weighted by Gasteiger charge is 2.03. The zero-order valence-corrected chi connectivity index (χ0v) is 8.01. The number of anilines is 1. The summed E-state index contributed by atoms with van der Waals surface area (Å²) in [6.07, 6.45) is 3.27. The predicted molar refractivity (Wildman–Crippen MR) is 54.5 cm³/mol. The molecule has 0 aliphatic carbocycles. The van der Waals surface area contributed by atoms with Gasteiger partial charge in [0.05, 0.1) is 18.1 Å². The second-order valence-electron chi connectivity index (χ2n) is 2.72. The van der Waals surface area contributed by atoms with Gasteiger partial charge in [-0.15, -0.1) is 11.3 Å². The van der Waals surface area contributed by atoms with Crippen LogP contribution in [0.1, 0.15) is 4.88 Å². The van der Waals surface area contributed by atoms with Crippen LogP contribution in [0.3, 0.4) is 0 Å². The average molecular weight is 191 g/mol. The van der Waals surface area contributed by atoms with Crippen LogP contribution in [0.4, 0.5) is 5.82 Å². The van der Waals surface area contributed by atoms with Gasteiger partial charge in [0.2, 0.25) is 0 Å². The fourth-order valence-corrected chi connectivity index (χ4v) is 1.84. The maximum absolute atomic E-state index is 5.45. The summed E-state index contributed by atoms with van der Waals surface area (Å²) in [7, 11) is 0. The fourth-order valence-electron chi connectivity index (χ4n) is 1.13. The van der Waals surface area contributed by atoms with E-state index in [0.717, 1.165) is 11.3 Å². The molecule has 0 aromatic carbocycles. The highest BCUT2D eigenvalue weighted by molar-refractivity contribution is 7.10. The van der Waals surface area contributed by atoms with Gasteiger partial charge in [-0.05, 0) is 18.4 Å². The van der Waals surface area contributed by atoms with Gasteiger partial charge in [0.1, 0.15) is 5.82 Å². The normalized spacial score (nSPS) is 10.2. The Morgan fingerprint density at radius 3 is 2.69 bits per heavy atom. The van der Waals surface area contributed by atoms with E-state index in [4.69, 9.17) is 5.73 Å². The van der Waals surface area contributed by atoms with E-state index in [0.29, 0.717) is 5.82 Å². The van der Waals surface area contributed by atoms with E-state index in [2.05, 4.69) is 16.9 Å². The number of thiophene rings is 1. The number of aromatic nitrogens is 2. The first-order valence-electron chi connectivity index (χ1n) is 3.89. The molecule has 0 unspecified atom stereocenters. The van der Waals surface area contributed by atoms with Gasteiger partial charge in [0.25, 0.3) is 0 Å². The first-order valence-corrected chi connectivity index (χ1v) is 4.77. The molecule has 0 radical (unpaired) electrons. The van der Waals surface area contributed by atoms with Crippen LogP contribution >= 0.6 is 11.3 Å². The molecule has 0 bridgehead atoms.